The fraction of sp³-hybridized carbons (Fsp3) is 0.400. The molecule has 0 atom stereocenters. The third kappa shape index (κ3) is 4.31. The summed E-state index contributed by atoms with van der Waals surface area (Å²) in [5.74, 6) is 0.561. The number of hydrogen-bond donors (Lipinski definition) is 2. The monoisotopic (exact) mass is 388 g/mol. The molecule has 1 heterocycles. The molecule has 1 aliphatic carbocycles. The molecule has 3 N–H and O–H groups in total. The van der Waals surface area contributed by atoms with Crippen molar-refractivity contribution < 1.29 is 0 Å². The van der Waals surface area contributed by atoms with E-state index < -0.39 is 0 Å². The molecule has 0 bridgehead atoms. The molecular formula is C25H32N4. The molecule has 152 valence electrons. The van der Waals surface area contributed by atoms with Gasteiger partial charge in [0.25, 0.3) is 0 Å². The first-order chi connectivity index (χ1) is 14.1. The van der Waals surface area contributed by atoms with Crippen LogP contribution in [0.4, 0.5) is 11.4 Å². The van der Waals surface area contributed by atoms with Crippen LogP contribution in [0, 0.1) is 5.92 Å². The van der Waals surface area contributed by atoms with Crippen molar-refractivity contribution in [3.8, 4) is 22.5 Å². The van der Waals surface area contributed by atoms with Gasteiger partial charge < -0.3 is 15.6 Å². The van der Waals surface area contributed by atoms with Gasteiger partial charge in [-0.05, 0) is 30.9 Å². The largest absolute Gasteiger partial charge is 0.397 e. The Hall–Kier alpha value is -2.75. The Morgan fingerprint density at radius 2 is 1.79 bits per heavy atom. The minimum Gasteiger partial charge on any atom is -0.397 e. The van der Waals surface area contributed by atoms with Crippen LogP contribution in [0.2, 0.25) is 0 Å². The first-order valence-corrected chi connectivity index (χ1v) is 10.9. The normalized spacial score (nSPS) is 15.0. The number of aromatic nitrogens is 2. The average Bonchev–Trinajstić information content (AvgIpc) is 3.19. The Morgan fingerprint density at radius 3 is 2.52 bits per heavy atom. The van der Waals surface area contributed by atoms with Crippen molar-refractivity contribution in [3.05, 3.63) is 54.9 Å². The number of nitrogens with zero attached hydrogens (tertiary/aromatic N) is 2. The summed E-state index contributed by atoms with van der Waals surface area (Å²) in [5.41, 5.74) is 12.7. The van der Waals surface area contributed by atoms with Crippen molar-refractivity contribution in [3.63, 3.8) is 0 Å². The molecule has 4 rings (SSSR count). The maximum absolute atomic E-state index is 6.27. The molecule has 0 amide bonds. The second-order valence-electron chi connectivity index (χ2n) is 8.58. The average molecular weight is 389 g/mol. The molecule has 0 radical (unpaired) electrons. The summed E-state index contributed by atoms with van der Waals surface area (Å²) in [6.07, 6.45) is 8.44. The molecular weight excluding hydrogens is 356 g/mol. The van der Waals surface area contributed by atoms with Gasteiger partial charge in [0, 0.05) is 23.7 Å². The lowest BCUT2D eigenvalue weighted by atomic mass is 9.94. The van der Waals surface area contributed by atoms with Crippen molar-refractivity contribution in [1.29, 1.82) is 0 Å². The van der Waals surface area contributed by atoms with E-state index in [1.807, 2.05) is 12.4 Å². The third-order valence-electron chi connectivity index (χ3n) is 5.84. The summed E-state index contributed by atoms with van der Waals surface area (Å²) in [7, 11) is 0. The van der Waals surface area contributed by atoms with E-state index in [9.17, 15) is 0 Å². The second-order valence-corrected chi connectivity index (χ2v) is 8.58. The van der Waals surface area contributed by atoms with E-state index in [-0.39, 0.29) is 0 Å². The minimum absolute atomic E-state index is 0.522. The minimum atomic E-state index is 0.522. The van der Waals surface area contributed by atoms with Gasteiger partial charge in [-0.15, -0.1) is 0 Å². The molecule has 3 aromatic rings. The zero-order chi connectivity index (χ0) is 20.2. The van der Waals surface area contributed by atoms with Crippen LogP contribution in [0.5, 0.6) is 0 Å². The van der Waals surface area contributed by atoms with Gasteiger partial charge in [0.1, 0.15) is 0 Å². The molecule has 1 fully saturated rings. The van der Waals surface area contributed by atoms with E-state index in [1.54, 1.807) is 0 Å². The predicted octanol–water partition coefficient (Wildman–Crippen LogP) is 6.37. The molecule has 2 aromatic carbocycles. The molecule has 0 unspecified atom stereocenters. The van der Waals surface area contributed by atoms with E-state index in [0.717, 1.165) is 29.2 Å². The summed E-state index contributed by atoms with van der Waals surface area (Å²) in [6.45, 7) is 5.32. The Labute approximate surface area is 174 Å². The summed E-state index contributed by atoms with van der Waals surface area (Å²) >= 11 is 0. The van der Waals surface area contributed by atoms with Crippen LogP contribution in [0.3, 0.4) is 0 Å². The van der Waals surface area contributed by atoms with Crippen LogP contribution in [0.15, 0.2) is 54.9 Å². The van der Waals surface area contributed by atoms with Gasteiger partial charge in [-0.2, -0.15) is 0 Å². The van der Waals surface area contributed by atoms with Gasteiger partial charge in [-0.1, -0.05) is 69.5 Å². The maximum atomic E-state index is 6.27. The molecule has 4 nitrogen and oxygen atoms in total. The fourth-order valence-electron chi connectivity index (χ4n) is 4.26. The van der Waals surface area contributed by atoms with E-state index in [0.29, 0.717) is 12.0 Å². The van der Waals surface area contributed by atoms with E-state index in [4.69, 9.17) is 10.7 Å². The van der Waals surface area contributed by atoms with Crippen molar-refractivity contribution >= 4 is 11.4 Å². The predicted molar refractivity (Wildman–Crippen MR) is 123 cm³/mol. The molecule has 1 aromatic heterocycles. The van der Waals surface area contributed by atoms with Crippen LogP contribution in [-0.4, -0.2) is 16.1 Å². The molecule has 1 saturated carbocycles. The second kappa shape index (κ2) is 8.73. The van der Waals surface area contributed by atoms with Crippen LogP contribution in [-0.2, 0) is 0 Å². The summed E-state index contributed by atoms with van der Waals surface area (Å²) in [5, 5.41) is 3.52. The molecule has 1 aliphatic rings. The Morgan fingerprint density at radius 1 is 1.03 bits per heavy atom. The van der Waals surface area contributed by atoms with Crippen molar-refractivity contribution in [1.82, 2.24) is 9.55 Å². The molecule has 29 heavy (non-hydrogen) atoms. The highest BCUT2D eigenvalue weighted by atomic mass is 15.1. The van der Waals surface area contributed by atoms with E-state index in [1.165, 1.54) is 43.4 Å². The highest BCUT2D eigenvalue weighted by Gasteiger charge is 2.22. The van der Waals surface area contributed by atoms with Gasteiger partial charge in [0.15, 0.2) is 0 Å². The van der Waals surface area contributed by atoms with Crippen LogP contribution < -0.4 is 11.1 Å². The first-order valence-electron chi connectivity index (χ1n) is 10.9. The van der Waals surface area contributed by atoms with Crippen LogP contribution in [0.1, 0.15) is 52.0 Å². The van der Waals surface area contributed by atoms with Crippen molar-refractivity contribution in [2.45, 2.75) is 52.0 Å². The van der Waals surface area contributed by atoms with Gasteiger partial charge >= 0.3 is 0 Å². The van der Waals surface area contributed by atoms with Gasteiger partial charge in [-0.25, -0.2) is 4.98 Å². The van der Waals surface area contributed by atoms with Crippen molar-refractivity contribution in [2.75, 3.05) is 17.6 Å². The van der Waals surface area contributed by atoms with Gasteiger partial charge in [0.05, 0.1) is 29.1 Å². The number of rotatable bonds is 6. The Bertz CT molecular complexity index is 937. The summed E-state index contributed by atoms with van der Waals surface area (Å²) in [4.78, 5) is 4.88. The topological polar surface area (TPSA) is 55.9 Å². The van der Waals surface area contributed by atoms with E-state index in [2.05, 4.69) is 66.2 Å². The Balaban J connectivity index is 1.80. The lowest BCUT2D eigenvalue weighted by Gasteiger charge is -2.25. The number of hydrogen-bond acceptors (Lipinski definition) is 3. The zero-order valence-corrected chi connectivity index (χ0v) is 17.6. The Kier molecular flexibility index (Phi) is 5.89. The van der Waals surface area contributed by atoms with E-state index >= 15 is 0 Å². The maximum Gasteiger partial charge on any atom is 0.0963 e. The summed E-state index contributed by atoms with van der Waals surface area (Å²) in [6, 6.07) is 17.4. The molecule has 0 saturated heterocycles. The van der Waals surface area contributed by atoms with Crippen molar-refractivity contribution in [2.24, 2.45) is 5.92 Å². The van der Waals surface area contributed by atoms with Gasteiger partial charge in [-0.3, -0.25) is 0 Å². The van der Waals surface area contributed by atoms with Crippen LogP contribution >= 0.6 is 0 Å². The number of benzene rings is 2. The molecule has 4 heteroatoms. The highest BCUT2D eigenvalue weighted by Crippen LogP contribution is 2.39. The first kappa shape index (κ1) is 19.6. The number of nitrogens with one attached hydrogen (secondary N) is 1. The van der Waals surface area contributed by atoms with Gasteiger partial charge in [0.2, 0.25) is 0 Å². The van der Waals surface area contributed by atoms with Crippen LogP contribution in [0.25, 0.3) is 22.5 Å². The molecule has 0 spiro atoms. The smallest absolute Gasteiger partial charge is 0.0963 e. The lowest BCUT2D eigenvalue weighted by Crippen LogP contribution is -2.13. The molecule has 0 aliphatic heterocycles. The number of nitrogens with two attached hydrogens (primary N) is 1. The number of anilines is 2. The highest BCUT2D eigenvalue weighted by molar-refractivity contribution is 5.83. The standard InChI is InChI=1S/C25H32N4/c1-18(2)16-27-23-15-20(13-14-22(23)26)25-24(19-9-5-3-6-10-19)28-17-29(25)21-11-7-4-8-12-21/h3,5-6,9-10,13-15,17-18,21,27H,4,7-8,11-12,16,26H2,1-2H3. The quantitative estimate of drug-likeness (QED) is 0.482. The number of nitrogen functional groups attached to an aromatic ring is 1. The number of imidazole rings is 1. The summed E-state index contributed by atoms with van der Waals surface area (Å²) < 4.78 is 2.42. The zero-order valence-electron chi connectivity index (χ0n) is 17.6. The fourth-order valence-corrected chi connectivity index (χ4v) is 4.26. The lowest BCUT2D eigenvalue weighted by molar-refractivity contribution is 0.355. The SMILES string of the molecule is CC(C)CNc1cc(-c2c(-c3ccccc3)ncn2C2CCCCC2)ccc1N. The third-order valence-corrected chi connectivity index (χ3v) is 5.84.